The van der Waals surface area contributed by atoms with Crippen molar-refractivity contribution >= 4 is 17.3 Å². The minimum absolute atomic E-state index is 0.186. The highest BCUT2D eigenvalue weighted by molar-refractivity contribution is 7.09. The molecule has 2 rings (SSSR count). The first-order chi connectivity index (χ1) is 8.50. The Balaban J connectivity index is 2.57. The standard InChI is InChI=1S/C12H12N2O3S/c1-7-5-10(15)14(6-9-13-3-4-18-9)8(2)11(7)12(16)17/h3-5H,6H2,1-2H3,(H,16,17). The quantitative estimate of drug-likeness (QED) is 0.915. The molecule has 0 aliphatic carbocycles. The minimum atomic E-state index is -1.02. The second kappa shape index (κ2) is 4.73. The number of nitrogens with zero attached hydrogens (tertiary/aromatic N) is 2. The number of aromatic nitrogens is 2. The lowest BCUT2D eigenvalue weighted by Crippen LogP contribution is -2.25. The van der Waals surface area contributed by atoms with Gasteiger partial charge in [-0.15, -0.1) is 11.3 Å². The lowest BCUT2D eigenvalue weighted by atomic mass is 10.1. The van der Waals surface area contributed by atoms with Gasteiger partial charge in [-0.1, -0.05) is 0 Å². The summed E-state index contributed by atoms with van der Waals surface area (Å²) < 4.78 is 1.44. The summed E-state index contributed by atoms with van der Waals surface area (Å²) in [7, 11) is 0. The predicted octanol–water partition coefficient (Wildman–Crippen LogP) is 1.67. The third kappa shape index (κ3) is 2.19. The zero-order chi connectivity index (χ0) is 13.3. The number of carboxylic acids is 1. The number of carbonyl (C=O) groups is 1. The topological polar surface area (TPSA) is 72.2 Å². The smallest absolute Gasteiger partial charge is 0.337 e. The minimum Gasteiger partial charge on any atom is -0.478 e. The molecule has 2 aromatic rings. The highest BCUT2D eigenvalue weighted by Gasteiger charge is 2.16. The van der Waals surface area contributed by atoms with Gasteiger partial charge in [-0.3, -0.25) is 4.79 Å². The highest BCUT2D eigenvalue weighted by Crippen LogP contribution is 2.13. The van der Waals surface area contributed by atoms with E-state index in [0.29, 0.717) is 17.8 Å². The molecule has 0 bridgehead atoms. The maximum Gasteiger partial charge on any atom is 0.337 e. The molecule has 0 radical (unpaired) electrons. The summed E-state index contributed by atoms with van der Waals surface area (Å²) >= 11 is 1.44. The van der Waals surface area contributed by atoms with Crippen LogP contribution in [0.2, 0.25) is 0 Å². The molecule has 6 heteroatoms. The summed E-state index contributed by atoms with van der Waals surface area (Å²) in [6, 6.07) is 1.35. The fourth-order valence-electron chi connectivity index (χ4n) is 1.91. The molecule has 0 aliphatic rings. The number of pyridine rings is 1. The number of hydrogen-bond acceptors (Lipinski definition) is 4. The number of aromatic carboxylic acids is 1. The van der Waals surface area contributed by atoms with Crippen molar-refractivity contribution in [2.75, 3.05) is 0 Å². The molecule has 5 nitrogen and oxygen atoms in total. The average molecular weight is 264 g/mol. The van der Waals surface area contributed by atoms with E-state index in [1.54, 1.807) is 20.0 Å². The molecule has 2 aromatic heterocycles. The maximum absolute atomic E-state index is 11.9. The first kappa shape index (κ1) is 12.5. The number of hydrogen-bond donors (Lipinski definition) is 1. The SMILES string of the molecule is Cc1cc(=O)n(Cc2nccs2)c(C)c1C(=O)O. The zero-order valence-corrected chi connectivity index (χ0v) is 10.8. The summed E-state index contributed by atoms with van der Waals surface area (Å²) in [5.41, 5.74) is 0.930. The van der Waals surface area contributed by atoms with Crippen LogP contribution in [-0.2, 0) is 6.54 Å². The Hall–Kier alpha value is -1.95. The van der Waals surface area contributed by atoms with Crippen molar-refractivity contribution in [1.29, 1.82) is 0 Å². The number of rotatable bonds is 3. The molecule has 0 amide bonds. The molecule has 2 heterocycles. The largest absolute Gasteiger partial charge is 0.478 e. The van der Waals surface area contributed by atoms with Gasteiger partial charge in [-0.2, -0.15) is 0 Å². The van der Waals surface area contributed by atoms with Crippen LogP contribution in [0.4, 0.5) is 0 Å². The van der Waals surface area contributed by atoms with Gasteiger partial charge in [0.15, 0.2) is 0 Å². The van der Waals surface area contributed by atoms with Crippen LogP contribution < -0.4 is 5.56 Å². The third-order valence-electron chi connectivity index (χ3n) is 2.76. The number of carboxylic acid groups (broad SMARTS) is 1. The van der Waals surface area contributed by atoms with Crippen molar-refractivity contribution in [2.45, 2.75) is 20.4 Å². The fourth-order valence-corrected chi connectivity index (χ4v) is 2.51. The monoisotopic (exact) mass is 264 g/mol. The Kier molecular flexibility index (Phi) is 3.29. The van der Waals surface area contributed by atoms with Crippen LogP contribution in [0.1, 0.15) is 26.6 Å². The molecule has 0 aromatic carbocycles. The van der Waals surface area contributed by atoms with Gasteiger partial charge < -0.3 is 9.67 Å². The second-order valence-electron chi connectivity index (χ2n) is 3.94. The fraction of sp³-hybridized carbons (Fsp3) is 0.250. The molecule has 0 saturated carbocycles. The van der Waals surface area contributed by atoms with E-state index in [1.807, 2.05) is 5.38 Å². The van der Waals surface area contributed by atoms with E-state index in [4.69, 9.17) is 5.11 Å². The Bertz CT molecular complexity index is 644. The van der Waals surface area contributed by atoms with E-state index in [0.717, 1.165) is 5.01 Å². The molecule has 18 heavy (non-hydrogen) atoms. The van der Waals surface area contributed by atoms with Crippen LogP contribution in [-0.4, -0.2) is 20.6 Å². The molecular weight excluding hydrogens is 252 g/mol. The van der Waals surface area contributed by atoms with E-state index in [1.165, 1.54) is 22.0 Å². The summed E-state index contributed by atoms with van der Waals surface area (Å²) in [6.07, 6.45) is 1.66. The maximum atomic E-state index is 11.9. The van der Waals surface area contributed by atoms with Gasteiger partial charge in [0.25, 0.3) is 5.56 Å². The highest BCUT2D eigenvalue weighted by atomic mass is 32.1. The van der Waals surface area contributed by atoms with Gasteiger partial charge in [-0.05, 0) is 19.4 Å². The van der Waals surface area contributed by atoms with Gasteiger partial charge in [0, 0.05) is 23.3 Å². The zero-order valence-electron chi connectivity index (χ0n) is 10.0. The summed E-state index contributed by atoms with van der Waals surface area (Å²) in [6.45, 7) is 3.58. The lowest BCUT2D eigenvalue weighted by Gasteiger charge is -2.12. The van der Waals surface area contributed by atoms with Gasteiger partial charge in [0.05, 0.1) is 12.1 Å². The van der Waals surface area contributed by atoms with E-state index < -0.39 is 5.97 Å². The van der Waals surface area contributed by atoms with E-state index in [2.05, 4.69) is 4.98 Å². The molecule has 0 aliphatic heterocycles. The summed E-state index contributed by atoms with van der Waals surface area (Å²) in [5.74, 6) is -1.02. The normalized spacial score (nSPS) is 10.6. The Morgan fingerprint density at radius 2 is 2.22 bits per heavy atom. The molecular formula is C12H12N2O3S. The van der Waals surface area contributed by atoms with Crippen molar-refractivity contribution in [2.24, 2.45) is 0 Å². The van der Waals surface area contributed by atoms with Crippen molar-refractivity contribution in [1.82, 2.24) is 9.55 Å². The number of aryl methyl sites for hydroxylation is 1. The molecule has 0 fully saturated rings. The van der Waals surface area contributed by atoms with Crippen LogP contribution in [0.5, 0.6) is 0 Å². The predicted molar refractivity (Wildman–Crippen MR) is 68.4 cm³/mol. The van der Waals surface area contributed by atoms with Crippen LogP contribution >= 0.6 is 11.3 Å². The van der Waals surface area contributed by atoms with Crippen LogP contribution in [0.25, 0.3) is 0 Å². The Morgan fingerprint density at radius 1 is 1.50 bits per heavy atom. The molecule has 1 N–H and O–H groups in total. The van der Waals surface area contributed by atoms with Crippen molar-refractivity contribution in [3.8, 4) is 0 Å². The van der Waals surface area contributed by atoms with Gasteiger partial charge in [0.2, 0.25) is 0 Å². The Morgan fingerprint density at radius 3 is 2.78 bits per heavy atom. The van der Waals surface area contributed by atoms with E-state index >= 15 is 0 Å². The third-order valence-corrected chi connectivity index (χ3v) is 3.52. The molecule has 0 unspecified atom stereocenters. The molecule has 0 saturated heterocycles. The summed E-state index contributed by atoms with van der Waals surface area (Å²) in [4.78, 5) is 27.2. The average Bonchev–Trinajstić information content (AvgIpc) is 2.75. The number of thiazole rings is 1. The first-order valence-corrected chi connectivity index (χ1v) is 6.21. The molecule has 0 atom stereocenters. The molecule has 0 spiro atoms. The van der Waals surface area contributed by atoms with Crippen LogP contribution in [0, 0.1) is 13.8 Å². The lowest BCUT2D eigenvalue weighted by molar-refractivity contribution is 0.0694. The second-order valence-corrected chi connectivity index (χ2v) is 4.92. The van der Waals surface area contributed by atoms with Crippen molar-refractivity contribution in [3.63, 3.8) is 0 Å². The van der Waals surface area contributed by atoms with E-state index in [-0.39, 0.29) is 11.1 Å². The van der Waals surface area contributed by atoms with Crippen molar-refractivity contribution < 1.29 is 9.90 Å². The first-order valence-electron chi connectivity index (χ1n) is 5.33. The van der Waals surface area contributed by atoms with Gasteiger partial charge in [-0.25, -0.2) is 9.78 Å². The van der Waals surface area contributed by atoms with Crippen LogP contribution in [0.3, 0.4) is 0 Å². The van der Waals surface area contributed by atoms with Gasteiger partial charge >= 0.3 is 5.97 Å². The van der Waals surface area contributed by atoms with E-state index in [9.17, 15) is 9.59 Å². The van der Waals surface area contributed by atoms with Crippen LogP contribution in [0.15, 0.2) is 22.4 Å². The Labute approximate surface area is 107 Å². The van der Waals surface area contributed by atoms with Gasteiger partial charge in [0.1, 0.15) is 5.01 Å². The molecule has 94 valence electrons. The van der Waals surface area contributed by atoms with Crippen molar-refractivity contribution in [3.05, 3.63) is 49.8 Å². The summed E-state index contributed by atoms with van der Waals surface area (Å²) in [5, 5.41) is 11.8.